The van der Waals surface area contributed by atoms with E-state index >= 15 is 0 Å². The highest BCUT2D eigenvalue weighted by atomic mass is 14.6. The maximum absolute atomic E-state index is 2.93. The van der Waals surface area contributed by atoms with Crippen molar-refractivity contribution in [2.75, 3.05) is 0 Å². The Kier molecular flexibility index (Phi) is 4.29. The van der Waals surface area contributed by atoms with Gasteiger partial charge >= 0.3 is 0 Å². The number of rotatable bonds is 3. The van der Waals surface area contributed by atoms with E-state index in [2.05, 4.69) is 39.0 Å². The van der Waals surface area contributed by atoms with Crippen LogP contribution in [0.5, 0.6) is 0 Å². The normalized spacial score (nSPS) is 59.5. The minimum absolute atomic E-state index is 0.502. The molecule has 1 aromatic rings. The summed E-state index contributed by atoms with van der Waals surface area (Å²) in [5.41, 5.74) is 9.01. The van der Waals surface area contributed by atoms with Crippen LogP contribution in [0.2, 0.25) is 0 Å². The van der Waals surface area contributed by atoms with Crippen LogP contribution in [0.3, 0.4) is 0 Å². The minimum atomic E-state index is 0.502. The van der Waals surface area contributed by atoms with Crippen LogP contribution >= 0.6 is 0 Å². The Hall–Kier alpha value is -0.780. The molecule has 0 radical (unpaired) electrons. The fourth-order valence-electron chi connectivity index (χ4n) is 16.7. The van der Waals surface area contributed by atoms with Crippen LogP contribution in [0.1, 0.15) is 153 Å². The van der Waals surface area contributed by atoms with E-state index in [1.54, 1.807) is 19.3 Å². The zero-order valence-corrected chi connectivity index (χ0v) is 25.4. The molecular formula is C39H54. The Morgan fingerprint density at radius 2 is 0.615 bits per heavy atom. The van der Waals surface area contributed by atoms with Crippen LogP contribution in [-0.2, 0) is 16.2 Å². The predicted molar refractivity (Wildman–Crippen MR) is 160 cm³/mol. The molecule has 6 atom stereocenters. The Labute approximate surface area is 238 Å². The summed E-state index contributed by atoms with van der Waals surface area (Å²) < 4.78 is 0. The van der Waals surface area contributed by atoms with Gasteiger partial charge in [0.05, 0.1) is 0 Å². The molecule has 13 rings (SSSR count). The molecule has 12 fully saturated rings. The average Bonchev–Trinajstić information content (AvgIpc) is 2.79. The highest BCUT2D eigenvalue weighted by Crippen LogP contribution is 2.70. The second kappa shape index (κ2) is 7.05. The van der Waals surface area contributed by atoms with E-state index in [1.807, 2.05) is 16.7 Å². The fourth-order valence-corrected chi connectivity index (χ4v) is 16.7. The second-order valence-electron chi connectivity index (χ2n) is 20.0. The Balaban J connectivity index is 1.15. The van der Waals surface area contributed by atoms with E-state index in [0.29, 0.717) is 32.5 Å². The third-order valence-electron chi connectivity index (χ3n) is 15.8. The Morgan fingerprint density at radius 3 is 0.821 bits per heavy atom. The standard InChI is InChI=1S/C39H54/c1-34-10-25-4-26(11-34)17-37(16-25,22-34)31-7-32(38-18-27-5-28(19-38)13-35(2,12-27)23-38)9-33(8-31)39-20-29-6-30(21-39)15-36(3,14-29)24-39/h7-9,25-30H,4-6,10-24H2,1-3H3. The van der Waals surface area contributed by atoms with Crippen LogP contribution in [0.25, 0.3) is 0 Å². The van der Waals surface area contributed by atoms with Gasteiger partial charge in [-0.2, -0.15) is 0 Å². The number of benzene rings is 1. The third kappa shape index (κ3) is 3.25. The average molecular weight is 523 g/mol. The lowest BCUT2D eigenvalue weighted by Crippen LogP contribution is -2.55. The van der Waals surface area contributed by atoms with Gasteiger partial charge in [0.2, 0.25) is 0 Å². The molecule has 0 N–H and O–H groups in total. The van der Waals surface area contributed by atoms with Crippen LogP contribution in [0, 0.1) is 51.8 Å². The molecule has 0 saturated heterocycles. The summed E-state index contributed by atoms with van der Waals surface area (Å²) in [6.07, 6.45) is 27.5. The van der Waals surface area contributed by atoms with E-state index in [-0.39, 0.29) is 0 Å². The Bertz CT molecular complexity index is 1040. The molecule has 6 unspecified atom stereocenters. The molecule has 0 heteroatoms. The van der Waals surface area contributed by atoms with Crippen molar-refractivity contribution in [3.63, 3.8) is 0 Å². The molecule has 0 spiro atoms. The highest BCUT2D eigenvalue weighted by molar-refractivity contribution is 5.46. The lowest BCUT2D eigenvalue weighted by molar-refractivity contribution is -0.0664. The molecule has 12 aliphatic rings. The van der Waals surface area contributed by atoms with Crippen molar-refractivity contribution in [3.8, 4) is 0 Å². The van der Waals surface area contributed by atoms with E-state index in [1.165, 1.54) is 96.3 Å². The molecule has 0 heterocycles. The lowest BCUT2D eigenvalue weighted by atomic mass is 9.41. The van der Waals surface area contributed by atoms with Gasteiger partial charge in [-0.1, -0.05) is 39.0 Å². The summed E-state index contributed by atoms with van der Waals surface area (Å²) in [6.45, 7) is 8.09. The smallest absolute Gasteiger partial charge is 0.00363 e. The number of hydrogen-bond donors (Lipinski definition) is 0. The quantitative estimate of drug-likeness (QED) is 0.370. The summed E-state index contributed by atoms with van der Waals surface area (Å²) >= 11 is 0. The molecule has 0 amide bonds. The van der Waals surface area contributed by atoms with Gasteiger partial charge in [0.25, 0.3) is 0 Å². The monoisotopic (exact) mass is 522 g/mol. The SMILES string of the molecule is CC12CC3CC(C1)CC(c1cc(C45CC6CC(CC(C)(C6)C4)C5)cc(C45CC6CC(CC(C)(C6)C4)C5)c1)(C3)C2. The molecule has 0 nitrogen and oxygen atoms in total. The first-order valence-corrected chi connectivity index (χ1v) is 17.7. The zero-order chi connectivity index (χ0) is 26.0. The van der Waals surface area contributed by atoms with E-state index < -0.39 is 0 Å². The van der Waals surface area contributed by atoms with Crippen molar-refractivity contribution in [1.29, 1.82) is 0 Å². The van der Waals surface area contributed by atoms with Crippen LogP contribution < -0.4 is 0 Å². The van der Waals surface area contributed by atoms with Gasteiger partial charge < -0.3 is 0 Å². The molecular weight excluding hydrogens is 468 g/mol. The first-order chi connectivity index (χ1) is 18.5. The van der Waals surface area contributed by atoms with E-state index in [9.17, 15) is 0 Å². The summed E-state index contributed by atoms with van der Waals surface area (Å²) in [7, 11) is 0. The van der Waals surface area contributed by atoms with Crippen molar-refractivity contribution in [2.45, 2.75) is 153 Å². The third-order valence-corrected chi connectivity index (χ3v) is 15.8. The maximum Gasteiger partial charge on any atom is -0.00363 e. The van der Waals surface area contributed by atoms with Crippen LogP contribution in [0.4, 0.5) is 0 Å². The van der Waals surface area contributed by atoms with Crippen molar-refractivity contribution in [1.82, 2.24) is 0 Å². The topological polar surface area (TPSA) is 0 Å². The van der Waals surface area contributed by atoms with Crippen LogP contribution in [-0.4, -0.2) is 0 Å². The van der Waals surface area contributed by atoms with Crippen LogP contribution in [0.15, 0.2) is 18.2 Å². The molecule has 0 aliphatic heterocycles. The molecule has 12 aliphatic carbocycles. The Morgan fingerprint density at radius 1 is 0.385 bits per heavy atom. The molecule has 210 valence electrons. The van der Waals surface area contributed by atoms with E-state index in [4.69, 9.17) is 0 Å². The van der Waals surface area contributed by atoms with Gasteiger partial charge in [-0.15, -0.1) is 0 Å². The van der Waals surface area contributed by atoms with Gasteiger partial charge in [0.1, 0.15) is 0 Å². The predicted octanol–water partition coefficient (Wildman–Crippen LogP) is 10.3. The summed E-state index contributed by atoms with van der Waals surface area (Å²) in [5.74, 6) is 6.08. The van der Waals surface area contributed by atoms with Crippen molar-refractivity contribution < 1.29 is 0 Å². The van der Waals surface area contributed by atoms with E-state index in [0.717, 1.165) is 35.5 Å². The zero-order valence-electron chi connectivity index (χ0n) is 25.4. The van der Waals surface area contributed by atoms with Crippen molar-refractivity contribution >= 4 is 0 Å². The van der Waals surface area contributed by atoms with Crippen molar-refractivity contribution in [2.24, 2.45) is 51.8 Å². The van der Waals surface area contributed by atoms with Crippen molar-refractivity contribution in [3.05, 3.63) is 34.9 Å². The molecule has 39 heavy (non-hydrogen) atoms. The molecule has 12 bridgehead atoms. The largest absolute Gasteiger partial charge is 0.0596 e. The van der Waals surface area contributed by atoms with Gasteiger partial charge in [-0.25, -0.2) is 0 Å². The minimum Gasteiger partial charge on any atom is -0.0596 e. The number of hydrogen-bond acceptors (Lipinski definition) is 0. The van der Waals surface area contributed by atoms with Gasteiger partial charge in [-0.3, -0.25) is 0 Å². The molecule has 1 aromatic carbocycles. The summed E-state index contributed by atoms with van der Waals surface area (Å²) in [6, 6.07) is 8.79. The van der Waals surface area contributed by atoms with Gasteiger partial charge in [0.15, 0.2) is 0 Å². The molecule has 12 saturated carbocycles. The first kappa shape index (κ1) is 23.7. The fraction of sp³-hybridized carbons (Fsp3) is 0.846. The highest BCUT2D eigenvalue weighted by Gasteiger charge is 2.60. The summed E-state index contributed by atoms with van der Waals surface area (Å²) in [5, 5.41) is 0. The second-order valence-corrected chi connectivity index (χ2v) is 20.0. The first-order valence-electron chi connectivity index (χ1n) is 17.7. The van der Waals surface area contributed by atoms with Gasteiger partial charge in [-0.05, 0) is 200 Å². The maximum atomic E-state index is 2.93. The molecule has 0 aromatic heterocycles. The summed E-state index contributed by atoms with van der Waals surface area (Å²) in [4.78, 5) is 0. The lowest BCUT2D eigenvalue weighted by Gasteiger charge is -2.64. The van der Waals surface area contributed by atoms with Gasteiger partial charge in [0, 0.05) is 0 Å².